The molecule has 1 N–H and O–H groups in total. The second-order valence-corrected chi connectivity index (χ2v) is 6.94. The van der Waals surface area contributed by atoms with Gasteiger partial charge in [-0.3, -0.25) is 0 Å². The predicted octanol–water partition coefficient (Wildman–Crippen LogP) is 4.82. The van der Waals surface area contributed by atoms with Crippen LogP contribution >= 0.6 is 35.0 Å². The monoisotopic (exact) mass is 356 g/mol. The molecule has 0 saturated heterocycles. The van der Waals surface area contributed by atoms with Crippen LogP contribution in [0.25, 0.3) is 0 Å². The third-order valence-corrected chi connectivity index (χ3v) is 5.12. The van der Waals surface area contributed by atoms with E-state index in [1.807, 2.05) is 48.5 Å². The van der Waals surface area contributed by atoms with Gasteiger partial charge in [0.15, 0.2) is 0 Å². The number of aliphatic hydroxyl groups excluding tert-OH is 1. The molecule has 0 aliphatic rings. The molecule has 0 aromatic heterocycles. The van der Waals surface area contributed by atoms with Gasteiger partial charge in [-0.05, 0) is 35.4 Å². The summed E-state index contributed by atoms with van der Waals surface area (Å²) < 4.78 is 4.98. The SMILES string of the molecule is COCC(O)CSC(c1ccc(Cl)cc1)c1ccc(Cl)cc1. The van der Waals surface area contributed by atoms with E-state index < -0.39 is 6.10 Å². The molecular weight excluding hydrogens is 339 g/mol. The normalized spacial score (nSPS) is 12.6. The number of rotatable bonds is 7. The number of thioether (sulfide) groups is 1. The van der Waals surface area contributed by atoms with Crippen LogP contribution in [0.15, 0.2) is 48.5 Å². The molecule has 118 valence electrons. The molecule has 0 spiro atoms. The summed E-state index contributed by atoms with van der Waals surface area (Å²) in [5.74, 6) is 0.587. The molecule has 0 aliphatic heterocycles. The molecular formula is C17H18Cl2O2S. The molecule has 0 amide bonds. The largest absolute Gasteiger partial charge is 0.390 e. The Morgan fingerprint density at radius 1 is 0.955 bits per heavy atom. The van der Waals surface area contributed by atoms with Crippen molar-refractivity contribution in [1.82, 2.24) is 0 Å². The summed E-state index contributed by atoms with van der Waals surface area (Å²) in [6, 6.07) is 15.6. The number of aliphatic hydroxyl groups is 1. The van der Waals surface area contributed by atoms with Crippen molar-refractivity contribution >= 4 is 35.0 Å². The number of methoxy groups -OCH3 is 1. The van der Waals surface area contributed by atoms with Crippen LogP contribution in [-0.4, -0.2) is 30.7 Å². The summed E-state index contributed by atoms with van der Waals surface area (Å²) in [6.45, 7) is 0.334. The Labute approximate surface area is 145 Å². The van der Waals surface area contributed by atoms with Crippen molar-refractivity contribution in [3.05, 3.63) is 69.7 Å². The molecule has 0 bridgehead atoms. The Morgan fingerprint density at radius 2 is 1.41 bits per heavy atom. The summed E-state index contributed by atoms with van der Waals surface area (Å²) >= 11 is 13.6. The van der Waals surface area contributed by atoms with E-state index in [1.54, 1.807) is 18.9 Å². The molecule has 0 fully saturated rings. The smallest absolute Gasteiger partial charge is 0.0863 e. The van der Waals surface area contributed by atoms with Crippen molar-refractivity contribution in [3.63, 3.8) is 0 Å². The zero-order valence-electron chi connectivity index (χ0n) is 12.2. The van der Waals surface area contributed by atoms with Crippen LogP contribution in [0.5, 0.6) is 0 Å². The number of halogens is 2. The molecule has 2 rings (SSSR count). The molecule has 2 nitrogen and oxygen atoms in total. The van der Waals surface area contributed by atoms with E-state index in [1.165, 1.54) is 0 Å². The van der Waals surface area contributed by atoms with E-state index in [0.717, 1.165) is 11.1 Å². The molecule has 22 heavy (non-hydrogen) atoms. The molecule has 0 heterocycles. The Balaban J connectivity index is 2.20. The van der Waals surface area contributed by atoms with Crippen LogP contribution in [0.2, 0.25) is 10.0 Å². The number of ether oxygens (including phenoxy) is 1. The first-order valence-electron chi connectivity index (χ1n) is 6.89. The summed E-state index contributed by atoms with van der Waals surface area (Å²) in [5, 5.41) is 11.4. The minimum atomic E-state index is -0.489. The topological polar surface area (TPSA) is 29.5 Å². The van der Waals surface area contributed by atoms with E-state index in [0.29, 0.717) is 22.4 Å². The molecule has 1 atom stereocenters. The fourth-order valence-corrected chi connectivity index (χ4v) is 3.57. The minimum absolute atomic E-state index is 0.112. The first-order chi connectivity index (χ1) is 10.6. The average Bonchev–Trinajstić information content (AvgIpc) is 2.51. The van der Waals surface area contributed by atoms with Gasteiger partial charge in [0.25, 0.3) is 0 Å². The zero-order valence-corrected chi connectivity index (χ0v) is 14.5. The van der Waals surface area contributed by atoms with Gasteiger partial charge in [-0.1, -0.05) is 47.5 Å². The summed E-state index contributed by atoms with van der Waals surface area (Å²) in [6.07, 6.45) is -0.489. The molecule has 0 saturated carbocycles. The lowest BCUT2D eigenvalue weighted by Crippen LogP contribution is -2.17. The standard InChI is InChI=1S/C17H18Cl2O2S/c1-21-10-16(20)11-22-17(12-2-6-14(18)7-3-12)13-4-8-15(19)9-5-13/h2-9,16-17,20H,10-11H2,1H3. The molecule has 0 aliphatic carbocycles. The van der Waals surface area contributed by atoms with Crippen molar-refractivity contribution in [3.8, 4) is 0 Å². The Bertz CT molecular complexity index is 527. The van der Waals surface area contributed by atoms with Crippen LogP contribution in [0.4, 0.5) is 0 Å². The van der Waals surface area contributed by atoms with Gasteiger partial charge in [0.05, 0.1) is 18.0 Å². The summed E-state index contributed by atoms with van der Waals surface area (Å²) in [5.41, 5.74) is 2.28. The summed E-state index contributed by atoms with van der Waals surface area (Å²) in [7, 11) is 1.59. The number of hydrogen-bond acceptors (Lipinski definition) is 3. The maximum atomic E-state index is 9.89. The highest BCUT2D eigenvalue weighted by Crippen LogP contribution is 2.36. The number of hydrogen-bond donors (Lipinski definition) is 1. The van der Waals surface area contributed by atoms with Crippen molar-refractivity contribution in [1.29, 1.82) is 0 Å². The predicted molar refractivity (Wildman–Crippen MR) is 95.1 cm³/mol. The van der Waals surface area contributed by atoms with E-state index in [2.05, 4.69) is 0 Å². The molecule has 5 heteroatoms. The van der Waals surface area contributed by atoms with Crippen LogP contribution in [0, 0.1) is 0 Å². The number of benzene rings is 2. The van der Waals surface area contributed by atoms with Crippen molar-refractivity contribution in [2.24, 2.45) is 0 Å². The van der Waals surface area contributed by atoms with Crippen molar-refractivity contribution in [2.75, 3.05) is 19.5 Å². The summed E-state index contributed by atoms with van der Waals surface area (Å²) in [4.78, 5) is 0. The van der Waals surface area contributed by atoms with Crippen LogP contribution in [0.1, 0.15) is 16.4 Å². The Kier molecular flexibility index (Phi) is 7.06. The van der Waals surface area contributed by atoms with Crippen molar-refractivity contribution in [2.45, 2.75) is 11.4 Å². The van der Waals surface area contributed by atoms with Crippen LogP contribution in [0.3, 0.4) is 0 Å². The van der Waals surface area contributed by atoms with E-state index >= 15 is 0 Å². The van der Waals surface area contributed by atoms with E-state index in [-0.39, 0.29) is 5.25 Å². The van der Waals surface area contributed by atoms with Gasteiger partial charge in [-0.15, -0.1) is 11.8 Å². The second kappa shape index (κ2) is 8.80. The third kappa shape index (κ3) is 5.18. The van der Waals surface area contributed by atoms with Gasteiger partial charge in [0.2, 0.25) is 0 Å². The van der Waals surface area contributed by atoms with Crippen LogP contribution in [-0.2, 0) is 4.74 Å². The van der Waals surface area contributed by atoms with Gasteiger partial charge in [0, 0.05) is 22.9 Å². The molecule has 0 radical (unpaired) electrons. The first kappa shape index (κ1) is 17.6. The lowest BCUT2D eigenvalue weighted by atomic mass is 10.0. The zero-order chi connectivity index (χ0) is 15.9. The van der Waals surface area contributed by atoms with Gasteiger partial charge in [-0.25, -0.2) is 0 Å². The highest BCUT2D eigenvalue weighted by molar-refractivity contribution is 7.99. The van der Waals surface area contributed by atoms with Crippen molar-refractivity contribution < 1.29 is 9.84 Å². The fourth-order valence-electron chi connectivity index (χ4n) is 2.11. The van der Waals surface area contributed by atoms with Gasteiger partial charge in [-0.2, -0.15) is 0 Å². The first-order valence-corrected chi connectivity index (χ1v) is 8.70. The lowest BCUT2D eigenvalue weighted by Gasteiger charge is -2.19. The van der Waals surface area contributed by atoms with Gasteiger partial charge < -0.3 is 9.84 Å². The Morgan fingerprint density at radius 3 is 1.82 bits per heavy atom. The van der Waals surface area contributed by atoms with E-state index in [9.17, 15) is 5.11 Å². The second-order valence-electron chi connectivity index (χ2n) is 4.93. The van der Waals surface area contributed by atoms with Gasteiger partial charge in [0.1, 0.15) is 0 Å². The highest BCUT2D eigenvalue weighted by atomic mass is 35.5. The molecule has 2 aromatic carbocycles. The molecule has 1 unspecified atom stereocenters. The fraction of sp³-hybridized carbons (Fsp3) is 0.294. The van der Waals surface area contributed by atoms with E-state index in [4.69, 9.17) is 27.9 Å². The van der Waals surface area contributed by atoms with Crippen LogP contribution < -0.4 is 0 Å². The Hall–Kier alpha value is -0.710. The lowest BCUT2D eigenvalue weighted by molar-refractivity contribution is 0.0793. The maximum absolute atomic E-state index is 9.89. The molecule has 2 aromatic rings. The average molecular weight is 357 g/mol. The highest BCUT2D eigenvalue weighted by Gasteiger charge is 2.17. The minimum Gasteiger partial charge on any atom is -0.390 e. The quantitative estimate of drug-likeness (QED) is 0.770. The maximum Gasteiger partial charge on any atom is 0.0863 e. The van der Waals surface area contributed by atoms with Gasteiger partial charge >= 0.3 is 0 Å². The third-order valence-electron chi connectivity index (χ3n) is 3.16.